The summed E-state index contributed by atoms with van der Waals surface area (Å²) in [5.41, 5.74) is 4.73. The molecule has 0 bridgehead atoms. The molecule has 0 unspecified atom stereocenters. The number of rotatable bonds is 0. The fourth-order valence-electron chi connectivity index (χ4n) is 2.93. The second kappa shape index (κ2) is 3.36. The fraction of sp³-hybridized carbons (Fsp3) is 0. The Balaban J connectivity index is 2.19. The second-order valence-corrected chi connectivity index (χ2v) is 4.87. The lowest BCUT2D eigenvalue weighted by molar-refractivity contribution is 0.669. The van der Waals surface area contributed by atoms with Crippen molar-refractivity contribution in [3.63, 3.8) is 0 Å². The van der Waals surface area contributed by atoms with E-state index in [0.717, 1.165) is 43.9 Å². The molecule has 5 aromatic rings. The summed E-state index contributed by atoms with van der Waals surface area (Å²) >= 11 is 0. The minimum absolute atomic E-state index is 0.887. The van der Waals surface area contributed by atoms with E-state index in [1.54, 1.807) is 12.5 Å². The SMILES string of the molecule is c1ccc2c(c1)oc1ccc3[nH]c4cncnc4c3c12. The maximum absolute atomic E-state index is 5.92. The van der Waals surface area contributed by atoms with Crippen molar-refractivity contribution >= 4 is 43.9 Å². The number of fused-ring (bicyclic) bond motifs is 7. The number of nitrogens with zero attached hydrogens (tertiary/aromatic N) is 2. The summed E-state index contributed by atoms with van der Waals surface area (Å²) in [7, 11) is 0. The normalized spacial score (nSPS) is 12.0. The molecule has 0 aliphatic rings. The van der Waals surface area contributed by atoms with Gasteiger partial charge in [0.1, 0.15) is 17.5 Å². The third-order valence-corrected chi connectivity index (χ3v) is 3.76. The van der Waals surface area contributed by atoms with E-state index in [9.17, 15) is 0 Å². The Morgan fingerprint density at radius 3 is 2.85 bits per heavy atom. The lowest BCUT2D eigenvalue weighted by Gasteiger charge is -1.93. The molecular formula is C16H9N3O. The van der Waals surface area contributed by atoms with Crippen molar-refractivity contribution in [2.24, 2.45) is 0 Å². The highest BCUT2D eigenvalue weighted by Crippen LogP contribution is 2.37. The van der Waals surface area contributed by atoms with Crippen LogP contribution in [-0.4, -0.2) is 15.0 Å². The summed E-state index contributed by atoms with van der Waals surface area (Å²) in [6.45, 7) is 0. The number of H-pyrrole nitrogens is 1. The predicted octanol–water partition coefficient (Wildman–Crippen LogP) is 4.01. The first-order valence-electron chi connectivity index (χ1n) is 6.43. The van der Waals surface area contributed by atoms with Crippen molar-refractivity contribution in [1.29, 1.82) is 0 Å². The molecule has 1 N–H and O–H groups in total. The van der Waals surface area contributed by atoms with Crippen LogP contribution in [0.3, 0.4) is 0 Å². The van der Waals surface area contributed by atoms with Gasteiger partial charge in [0.2, 0.25) is 0 Å². The molecule has 0 saturated carbocycles. The molecule has 0 fully saturated rings. The van der Waals surface area contributed by atoms with Crippen LogP contribution in [0.2, 0.25) is 0 Å². The number of nitrogens with one attached hydrogen (secondary N) is 1. The van der Waals surface area contributed by atoms with Crippen LogP contribution in [-0.2, 0) is 0 Å². The molecule has 0 aliphatic heterocycles. The predicted molar refractivity (Wildman–Crippen MR) is 78.7 cm³/mol. The van der Waals surface area contributed by atoms with Gasteiger partial charge >= 0.3 is 0 Å². The summed E-state index contributed by atoms with van der Waals surface area (Å²) < 4.78 is 5.92. The van der Waals surface area contributed by atoms with E-state index in [1.165, 1.54) is 0 Å². The maximum atomic E-state index is 5.92. The second-order valence-electron chi connectivity index (χ2n) is 4.87. The number of hydrogen-bond donors (Lipinski definition) is 1. The first-order valence-corrected chi connectivity index (χ1v) is 6.43. The lowest BCUT2D eigenvalue weighted by atomic mass is 10.1. The van der Waals surface area contributed by atoms with Gasteiger partial charge in [-0.3, -0.25) is 0 Å². The largest absolute Gasteiger partial charge is 0.456 e. The number of para-hydroxylation sites is 1. The number of aromatic amines is 1. The zero-order chi connectivity index (χ0) is 13.1. The van der Waals surface area contributed by atoms with Crippen LogP contribution in [0.25, 0.3) is 43.9 Å². The van der Waals surface area contributed by atoms with E-state index < -0.39 is 0 Å². The molecule has 0 atom stereocenters. The van der Waals surface area contributed by atoms with E-state index in [4.69, 9.17) is 4.42 Å². The highest BCUT2D eigenvalue weighted by Gasteiger charge is 2.14. The third kappa shape index (κ3) is 1.11. The Bertz CT molecular complexity index is 1010. The molecule has 0 spiro atoms. The fourth-order valence-corrected chi connectivity index (χ4v) is 2.93. The van der Waals surface area contributed by atoms with Gasteiger partial charge in [-0.15, -0.1) is 0 Å². The molecule has 5 rings (SSSR count). The minimum Gasteiger partial charge on any atom is -0.456 e. The van der Waals surface area contributed by atoms with E-state index in [2.05, 4.69) is 21.0 Å². The summed E-state index contributed by atoms with van der Waals surface area (Å²) in [4.78, 5) is 11.9. The van der Waals surface area contributed by atoms with Crippen molar-refractivity contribution in [3.05, 3.63) is 48.9 Å². The standard InChI is InChI=1S/C16H9N3O/c1-2-4-12-9(3-1)14-13(20-12)6-5-10-15(14)16-11(19-10)7-17-8-18-16/h1-8,19H. The molecular weight excluding hydrogens is 250 g/mol. The highest BCUT2D eigenvalue weighted by atomic mass is 16.3. The Hall–Kier alpha value is -2.88. The molecule has 3 aromatic heterocycles. The maximum Gasteiger partial charge on any atom is 0.136 e. The Morgan fingerprint density at radius 1 is 0.900 bits per heavy atom. The monoisotopic (exact) mass is 259 g/mol. The number of furan rings is 1. The van der Waals surface area contributed by atoms with Gasteiger partial charge < -0.3 is 9.40 Å². The van der Waals surface area contributed by atoms with Crippen molar-refractivity contribution in [2.75, 3.05) is 0 Å². The molecule has 20 heavy (non-hydrogen) atoms. The topological polar surface area (TPSA) is 54.7 Å². The smallest absolute Gasteiger partial charge is 0.136 e. The zero-order valence-electron chi connectivity index (χ0n) is 10.4. The number of aromatic nitrogens is 3. The van der Waals surface area contributed by atoms with Gasteiger partial charge in [0, 0.05) is 21.7 Å². The summed E-state index contributed by atoms with van der Waals surface area (Å²) in [5, 5.41) is 3.33. The van der Waals surface area contributed by atoms with Crippen LogP contribution in [0.5, 0.6) is 0 Å². The van der Waals surface area contributed by atoms with Gasteiger partial charge in [0.05, 0.1) is 17.2 Å². The van der Waals surface area contributed by atoms with Gasteiger partial charge in [0.15, 0.2) is 0 Å². The summed E-state index contributed by atoms with van der Waals surface area (Å²) in [6.07, 6.45) is 3.38. The van der Waals surface area contributed by atoms with Crippen molar-refractivity contribution in [1.82, 2.24) is 15.0 Å². The molecule has 4 heteroatoms. The van der Waals surface area contributed by atoms with Crippen LogP contribution in [0.15, 0.2) is 53.3 Å². The van der Waals surface area contributed by atoms with Crippen molar-refractivity contribution < 1.29 is 4.42 Å². The van der Waals surface area contributed by atoms with Crippen LogP contribution >= 0.6 is 0 Å². The first-order chi connectivity index (χ1) is 9.92. The van der Waals surface area contributed by atoms with Crippen molar-refractivity contribution in [2.45, 2.75) is 0 Å². The first kappa shape index (κ1) is 9.97. The van der Waals surface area contributed by atoms with Crippen LogP contribution < -0.4 is 0 Å². The number of hydrogen-bond acceptors (Lipinski definition) is 3. The Kier molecular flexibility index (Phi) is 1.68. The van der Waals surface area contributed by atoms with Gasteiger partial charge in [-0.05, 0) is 18.2 Å². The highest BCUT2D eigenvalue weighted by molar-refractivity contribution is 6.25. The van der Waals surface area contributed by atoms with E-state index >= 15 is 0 Å². The minimum atomic E-state index is 0.887. The lowest BCUT2D eigenvalue weighted by Crippen LogP contribution is -1.76. The molecule has 3 heterocycles. The third-order valence-electron chi connectivity index (χ3n) is 3.76. The van der Waals surface area contributed by atoms with Crippen LogP contribution in [0, 0.1) is 0 Å². The Labute approximate surface area is 113 Å². The molecule has 0 amide bonds. The molecule has 0 aliphatic carbocycles. The van der Waals surface area contributed by atoms with E-state index in [-0.39, 0.29) is 0 Å². The van der Waals surface area contributed by atoms with Crippen LogP contribution in [0.4, 0.5) is 0 Å². The van der Waals surface area contributed by atoms with Gasteiger partial charge in [-0.1, -0.05) is 18.2 Å². The Morgan fingerprint density at radius 2 is 1.85 bits per heavy atom. The van der Waals surface area contributed by atoms with Gasteiger partial charge in [-0.2, -0.15) is 0 Å². The summed E-state index contributed by atoms with van der Waals surface area (Å²) in [6, 6.07) is 12.1. The summed E-state index contributed by atoms with van der Waals surface area (Å²) in [5.74, 6) is 0. The van der Waals surface area contributed by atoms with Gasteiger partial charge in [-0.25, -0.2) is 9.97 Å². The average Bonchev–Trinajstić information content (AvgIpc) is 3.04. The average molecular weight is 259 g/mol. The zero-order valence-corrected chi connectivity index (χ0v) is 10.4. The quantitative estimate of drug-likeness (QED) is 0.457. The van der Waals surface area contributed by atoms with Gasteiger partial charge in [0.25, 0.3) is 0 Å². The molecule has 2 aromatic carbocycles. The van der Waals surface area contributed by atoms with Crippen LogP contribution in [0.1, 0.15) is 0 Å². The molecule has 4 nitrogen and oxygen atoms in total. The van der Waals surface area contributed by atoms with E-state index in [1.807, 2.05) is 30.3 Å². The molecule has 0 radical (unpaired) electrons. The van der Waals surface area contributed by atoms with Crippen molar-refractivity contribution in [3.8, 4) is 0 Å². The molecule has 0 saturated heterocycles. The number of benzene rings is 2. The molecule has 94 valence electrons. The van der Waals surface area contributed by atoms with E-state index in [0.29, 0.717) is 0 Å².